The first kappa shape index (κ1) is 23.1. The number of piperazine rings is 1. The van der Waals surface area contributed by atoms with Crippen LogP contribution in [-0.2, 0) is 4.79 Å². The lowest BCUT2D eigenvalue weighted by atomic mass is 9.95. The van der Waals surface area contributed by atoms with Gasteiger partial charge in [-0.2, -0.15) is 5.10 Å². The van der Waals surface area contributed by atoms with Crippen molar-refractivity contribution in [2.45, 2.75) is 26.7 Å². The average Bonchev–Trinajstić information content (AvgIpc) is 3.41. The number of nitrogens with zero attached hydrogens (tertiary/aromatic N) is 5. The number of amides is 2. The van der Waals surface area contributed by atoms with Crippen molar-refractivity contribution in [3.05, 3.63) is 65.5 Å². The molecule has 35 heavy (non-hydrogen) atoms. The molecule has 0 aliphatic carbocycles. The largest absolute Gasteiger partial charge is 0.368 e. The number of aryl methyl sites for hydroxylation is 1. The van der Waals surface area contributed by atoms with Gasteiger partial charge in [0.1, 0.15) is 11.4 Å². The Bertz CT molecular complexity index is 1200. The highest BCUT2D eigenvalue weighted by molar-refractivity contribution is 5.94. The Morgan fingerprint density at radius 1 is 0.943 bits per heavy atom. The summed E-state index contributed by atoms with van der Waals surface area (Å²) < 4.78 is 0. The van der Waals surface area contributed by atoms with E-state index < -0.39 is 0 Å². The lowest BCUT2D eigenvalue weighted by Gasteiger charge is -2.40. The first-order chi connectivity index (χ1) is 17.0. The van der Waals surface area contributed by atoms with Crippen LogP contribution >= 0.6 is 0 Å². The van der Waals surface area contributed by atoms with E-state index in [0.29, 0.717) is 37.6 Å². The summed E-state index contributed by atoms with van der Waals surface area (Å²) in [5, 5.41) is 7.11. The summed E-state index contributed by atoms with van der Waals surface area (Å²) in [6.07, 6.45) is 3.35. The summed E-state index contributed by atoms with van der Waals surface area (Å²) in [5.41, 5.74) is 5.64. The van der Waals surface area contributed by atoms with Gasteiger partial charge in [0.05, 0.1) is 11.6 Å². The van der Waals surface area contributed by atoms with Gasteiger partial charge in [-0.05, 0) is 62.1 Å². The van der Waals surface area contributed by atoms with E-state index in [-0.39, 0.29) is 17.7 Å². The number of carbonyl (C=O) groups is 2. The number of H-pyrrole nitrogens is 1. The molecule has 0 unspecified atom stereocenters. The van der Waals surface area contributed by atoms with Crippen LogP contribution in [0, 0.1) is 19.8 Å². The zero-order chi connectivity index (χ0) is 24.4. The Morgan fingerprint density at radius 2 is 1.77 bits per heavy atom. The quantitative estimate of drug-likeness (QED) is 0.630. The molecular formula is C27H32N6O2. The predicted octanol–water partition coefficient (Wildman–Crippen LogP) is 3.29. The number of hydrogen-bond acceptors (Lipinski definition) is 5. The van der Waals surface area contributed by atoms with Gasteiger partial charge in [-0.1, -0.05) is 18.2 Å². The fourth-order valence-electron chi connectivity index (χ4n) is 5.11. The fraction of sp³-hybridized carbons (Fsp3) is 0.407. The molecule has 2 aliphatic heterocycles. The van der Waals surface area contributed by atoms with Gasteiger partial charge in [0.2, 0.25) is 5.91 Å². The highest BCUT2D eigenvalue weighted by Gasteiger charge is 2.33. The number of likely N-dealkylation sites (tertiary alicyclic amines) is 1. The van der Waals surface area contributed by atoms with E-state index in [4.69, 9.17) is 0 Å². The van der Waals surface area contributed by atoms with Crippen LogP contribution in [0.25, 0.3) is 11.4 Å². The maximum atomic E-state index is 13.4. The van der Waals surface area contributed by atoms with Gasteiger partial charge >= 0.3 is 0 Å². The Morgan fingerprint density at radius 3 is 2.54 bits per heavy atom. The third-order valence-electron chi connectivity index (χ3n) is 7.30. The summed E-state index contributed by atoms with van der Waals surface area (Å²) in [4.78, 5) is 36.9. The molecule has 0 bridgehead atoms. The van der Waals surface area contributed by atoms with Crippen LogP contribution in [0.4, 0.5) is 5.69 Å². The molecule has 0 radical (unpaired) electrons. The summed E-state index contributed by atoms with van der Waals surface area (Å²) >= 11 is 0. The number of carbonyl (C=O) groups excluding carboxylic acids is 2. The molecule has 1 atom stereocenters. The summed E-state index contributed by atoms with van der Waals surface area (Å²) in [6.45, 7) is 8.49. The van der Waals surface area contributed by atoms with E-state index in [1.807, 2.05) is 23.1 Å². The number of aromatic amines is 1. The number of piperidine rings is 1. The number of nitrogens with one attached hydrogen (secondary N) is 1. The lowest BCUT2D eigenvalue weighted by molar-refractivity contribution is -0.137. The second-order valence-electron chi connectivity index (χ2n) is 9.50. The molecule has 4 heterocycles. The van der Waals surface area contributed by atoms with Crippen molar-refractivity contribution in [3.8, 4) is 11.4 Å². The molecule has 1 aromatic carbocycles. The molecule has 3 aromatic rings. The SMILES string of the molecule is Cc1cccc(N2CCN(C(=O)[C@@H]3CCCN(C(=O)c4cc(-c5ccccn5)n[nH]4)C3)CC2)c1C. The van der Waals surface area contributed by atoms with Gasteiger partial charge in [0, 0.05) is 51.2 Å². The highest BCUT2D eigenvalue weighted by atomic mass is 16.2. The molecule has 8 nitrogen and oxygen atoms in total. The Hall–Kier alpha value is -3.68. The molecule has 2 aliphatic rings. The first-order valence-corrected chi connectivity index (χ1v) is 12.4. The average molecular weight is 473 g/mol. The fourth-order valence-corrected chi connectivity index (χ4v) is 5.11. The molecule has 2 saturated heterocycles. The molecular weight excluding hydrogens is 440 g/mol. The number of aromatic nitrogens is 3. The molecule has 0 spiro atoms. The molecule has 8 heteroatoms. The third kappa shape index (κ3) is 4.78. The van der Waals surface area contributed by atoms with Crippen LogP contribution in [-0.4, -0.2) is 76.1 Å². The summed E-state index contributed by atoms with van der Waals surface area (Å²) in [6, 6.07) is 13.7. The zero-order valence-electron chi connectivity index (χ0n) is 20.4. The molecule has 0 saturated carbocycles. The third-order valence-corrected chi connectivity index (χ3v) is 7.30. The molecule has 1 N–H and O–H groups in total. The van der Waals surface area contributed by atoms with Crippen molar-refractivity contribution in [2.24, 2.45) is 5.92 Å². The molecule has 2 aromatic heterocycles. The first-order valence-electron chi connectivity index (χ1n) is 12.4. The smallest absolute Gasteiger partial charge is 0.271 e. The number of rotatable bonds is 4. The molecule has 2 amide bonds. The van der Waals surface area contributed by atoms with E-state index in [1.165, 1.54) is 16.8 Å². The topological polar surface area (TPSA) is 85.4 Å². The van der Waals surface area contributed by atoms with Gasteiger partial charge in [-0.25, -0.2) is 0 Å². The summed E-state index contributed by atoms with van der Waals surface area (Å²) in [5.74, 6) is -0.100. The minimum Gasteiger partial charge on any atom is -0.368 e. The number of anilines is 1. The molecule has 2 fully saturated rings. The van der Waals surface area contributed by atoms with Crippen molar-refractivity contribution in [2.75, 3.05) is 44.2 Å². The van der Waals surface area contributed by atoms with E-state index >= 15 is 0 Å². The van der Waals surface area contributed by atoms with Gasteiger partial charge in [0.15, 0.2) is 0 Å². The minimum atomic E-state index is -0.155. The highest BCUT2D eigenvalue weighted by Crippen LogP contribution is 2.26. The van der Waals surface area contributed by atoms with Crippen molar-refractivity contribution >= 4 is 17.5 Å². The van der Waals surface area contributed by atoms with Crippen LogP contribution in [0.1, 0.15) is 34.5 Å². The van der Waals surface area contributed by atoms with Gasteiger partial charge in [0.25, 0.3) is 5.91 Å². The van der Waals surface area contributed by atoms with Crippen LogP contribution in [0.5, 0.6) is 0 Å². The van der Waals surface area contributed by atoms with Crippen LogP contribution < -0.4 is 4.90 Å². The van der Waals surface area contributed by atoms with Crippen molar-refractivity contribution < 1.29 is 9.59 Å². The number of benzene rings is 1. The lowest BCUT2D eigenvalue weighted by Crippen LogP contribution is -2.53. The van der Waals surface area contributed by atoms with Crippen molar-refractivity contribution in [1.29, 1.82) is 0 Å². The standard InChI is InChI=1S/C27H32N6O2/c1-19-7-5-10-25(20(19)2)31-13-15-32(16-14-31)26(34)21-8-6-12-33(18-21)27(35)24-17-23(29-30-24)22-9-3-4-11-28-22/h3-5,7,9-11,17,21H,6,8,12-16,18H2,1-2H3,(H,29,30)/t21-/m1/s1. The molecule has 5 rings (SSSR count). The normalized spacial score (nSPS) is 18.6. The van der Waals surface area contributed by atoms with Gasteiger partial charge < -0.3 is 14.7 Å². The van der Waals surface area contributed by atoms with E-state index in [0.717, 1.165) is 31.6 Å². The maximum absolute atomic E-state index is 13.4. The van der Waals surface area contributed by atoms with E-state index in [1.54, 1.807) is 17.2 Å². The molecule has 182 valence electrons. The second-order valence-corrected chi connectivity index (χ2v) is 9.50. The van der Waals surface area contributed by atoms with E-state index in [9.17, 15) is 9.59 Å². The Labute approximate surface area is 205 Å². The monoisotopic (exact) mass is 472 g/mol. The van der Waals surface area contributed by atoms with Crippen LogP contribution in [0.3, 0.4) is 0 Å². The number of hydrogen-bond donors (Lipinski definition) is 1. The van der Waals surface area contributed by atoms with Crippen LogP contribution in [0.15, 0.2) is 48.7 Å². The van der Waals surface area contributed by atoms with Crippen molar-refractivity contribution in [1.82, 2.24) is 25.0 Å². The van der Waals surface area contributed by atoms with Gasteiger partial charge in [-0.3, -0.25) is 19.7 Å². The van der Waals surface area contributed by atoms with Crippen molar-refractivity contribution in [3.63, 3.8) is 0 Å². The van der Waals surface area contributed by atoms with Crippen LogP contribution in [0.2, 0.25) is 0 Å². The zero-order valence-corrected chi connectivity index (χ0v) is 20.4. The second kappa shape index (κ2) is 9.90. The minimum absolute atomic E-state index is 0.114. The van der Waals surface area contributed by atoms with Gasteiger partial charge in [-0.15, -0.1) is 0 Å². The Balaban J connectivity index is 1.19. The maximum Gasteiger partial charge on any atom is 0.271 e. The predicted molar refractivity (Wildman–Crippen MR) is 135 cm³/mol. The Kier molecular flexibility index (Phi) is 6.53. The summed E-state index contributed by atoms with van der Waals surface area (Å²) in [7, 11) is 0. The van der Waals surface area contributed by atoms with E-state index in [2.05, 4.69) is 52.1 Å². The number of pyridine rings is 1.